The molecule has 5 rings (SSSR count). The molecule has 6 heteroatoms. The molecular formula is C24H23N3O3. The fraction of sp³-hybridized carbons (Fsp3) is 0.250. The predicted molar refractivity (Wildman–Crippen MR) is 117 cm³/mol. The van der Waals surface area contributed by atoms with Gasteiger partial charge in [-0.2, -0.15) is 0 Å². The standard InChI is InChI=1S/C24H23N3O3/c1-25-20(15-19-22(25)18-9-5-6-10-21(18)30-24(19)29)23(28)27-13-11-26(12-14-27)16-17-7-3-2-4-8-17/h2-10,15H,11-14,16H2,1H3. The quantitative estimate of drug-likeness (QED) is 0.495. The Kier molecular flexibility index (Phi) is 4.64. The lowest BCUT2D eigenvalue weighted by Crippen LogP contribution is -2.48. The number of carbonyl (C=O) groups excluding carboxylic acids is 1. The molecule has 0 bridgehead atoms. The number of piperazine rings is 1. The summed E-state index contributed by atoms with van der Waals surface area (Å²) in [5, 5.41) is 1.28. The Morgan fingerprint density at radius 2 is 1.63 bits per heavy atom. The van der Waals surface area contributed by atoms with Gasteiger partial charge < -0.3 is 13.9 Å². The Balaban J connectivity index is 1.39. The second-order valence-electron chi connectivity index (χ2n) is 7.79. The smallest absolute Gasteiger partial charge is 0.345 e. The number of amides is 1. The Labute approximate surface area is 173 Å². The number of aryl methyl sites for hydroxylation is 1. The summed E-state index contributed by atoms with van der Waals surface area (Å²) in [6.45, 7) is 3.89. The first kappa shape index (κ1) is 18.6. The molecular weight excluding hydrogens is 378 g/mol. The number of aromatic nitrogens is 1. The second-order valence-corrected chi connectivity index (χ2v) is 7.79. The van der Waals surface area contributed by atoms with Crippen LogP contribution in [0.5, 0.6) is 0 Å². The molecule has 0 N–H and O–H groups in total. The van der Waals surface area contributed by atoms with E-state index in [2.05, 4.69) is 29.2 Å². The third-order valence-corrected chi connectivity index (χ3v) is 5.93. The summed E-state index contributed by atoms with van der Waals surface area (Å²) in [7, 11) is 1.84. The van der Waals surface area contributed by atoms with E-state index in [1.807, 2.05) is 40.8 Å². The zero-order valence-corrected chi connectivity index (χ0v) is 16.9. The molecule has 0 aliphatic carbocycles. The van der Waals surface area contributed by atoms with E-state index in [0.29, 0.717) is 29.8 Å². The third kappa shape index (κ3) is 3.19. The summed E-state index contributed by atoms with van der Waals surface area (Å²) in [5.41, 5.74) is 2.67. The van der Waals surface area contributed by atoms with Crippen LogP contribution in [0.3, 0.4) is 0 Å². The molecule has 0 spiro atoms. The summed E-state index contributed by atoms with van der Waals surface area (Å²) in [4.78, 5) is 30.0. The molecule has 2 aromatic heterocycles. The van der Waals surface area contributed by atoms with Crippen LogP contribution >= 0.6 is 0 Å². The van der Waals surface area contributed by atoms with E-state index in [1.54, 1.807) is 12.1 Å². The topological polar surface area (TPSA) is 58.7 Å². The van der Waals surface area contributed by atoms with E-state index in [0.717, 1.165) is 30.5 Å². The molecule has 4 aromatic rings. The molecule has 1 aliphatic rings. The number of benzene rings is 2. The molecule has 2 aromatic carbocycles. The van der Waals surface area contributed by atoms with Crippen molar-refractivity contribution >= 4 is 27.8 Å². The zero-order chi connectivity index (χ0) is 20.7. The highest BCUT2D eigenvalue weighted by Crippen LogP contribution is 2.26. The van der Waals surface area contributed by atoms with Gasteiger partial charge in [0, 0.05) is 45.2 Å². The van der Waals surface area contributed by atoms with Crippen LogP contribution in [-0.4, -0.2) is 46.5 Å². The van der Waals surface area contributed by atoms with E-state index >= 15 is 0 Å². The van der Waals surface area contributed by atoms with Gasteiger partial charge in [0.25, 0.3) is 5.91 Å². The van der Waals surface area contributed by atoms with Crippen LogP contribution < -0.4 is 5.63 Å². The molecule has 3 heterocycles. The molecule has 152 valence electrons. The van der Waals surface area contributed by atoms with Crippen molar-refractivity contribution in [2.45, 2.75) is 6.54 Å². The number of rotatable bonds is 3. The fourth-order valence-corrected chi connectivity index (χ4v) is 4.31. The SMILES string of the molecule is Cn1c(C(=O)N2CCN(Cc3ccccc3)CC2)cc2c(=O)oc3ccccc3c21. The van der Waals surface area contributed by atoms with E-state index in [9.17, 15) is 9.59 Å². The van der Waals surface area contributed by atoms with Crippen molar-refractivity contribution in [1.29, 1.82) is 0 Å². The van der Waals surface area contributed by atoms with E-state index in [1.165, 1.54) is 5.56 Å². The number of carbonyl (C=O) groups is 1. The monoisotopic (exact) mass is 401 g/mol. The summed E-state index contributed by atoms with van der Waals surface area (Å²) in [5.74, 6) is -0.0449. The van der Waals surface area contributed by atoms with Crippen LogP contribution in [0.25, 0.3) is 21.9 Å². The minimum atomic E-state index is -0.411. The van der Waals surface area contributed by atoms with Crippen LogP contribution in [0.2, 0.25) is 0 Å². The first-order chi connectivity index (χ1) is 14.6. The first-order valence-electron chi connectivity index (χ1n) is 10.2. The van der Waals surface area contributed by atoms with Gasteiger partial charge in [0.2, 0.25) is 0 Å². The summed E-state index contributed by atoms with van der Waals surface area (Å²) >= 11 is 0. The molecule has 1 aliphatic heterocycles. The average molecular weight is 401 g/mol. The first-order valence-corrected chi connectivity index (χ1v) is 10.2. The second kappa shape index (κ2) is 7.46. The molecule has 30 heavy (non-hydrogen) atoms. The van der Waals surface area contributed by atoms with Gasteiger partial charge in [-0.15, -0.1) is 0 Å². The van der Waals surface area contributed by atoms with Gasteiger partial charge in [-0.25, -0.2) is 4.79 Å². The molecule has 1 saturated heterocycles. The molecule has 1 amide bonds. The Morgan fingerprint density at radius 3 is 2.40 bits per heavy atom. The fourth-order valence-electron chi connectivity index (χ4n) is 4.31. The van der Waals surface area contributed by atoms with Crippen LogP contribution in [0.15, 0.2) is 69.9 Å². The number of para-hydroxylation sites is 1. The van der Waals surface area contributed by atoms with Gasteiger partial charge in [-0.05, 0) is 23.8 Å². The maximum atomic E-state index is 13.3. The minimum absolute atomic E-state index is 0.0449. The summed E-state index contributed by atoms with van der Waals surface area (Å²) in [6, 6.07) is 19.5. The van der Waals surface area contributed by atoms with Crippen LogP contribution in [0, 0.1) is 0 Å². The largest absolute Gasteiger partial charge is 0.422 e. The number of hydrogen-bond acceptors (Lipinski definition) is 4. The number of nitrogens with zero attached hydrogens (tertiary/aromatic N) is 3. The lowest BCUT2D eigenvalue weighted by atomic mass is 10.2. The van der Waals surface area contributed by atoms with Crippen molar-refractivity contribution < 1.29 is 9.21 Å². The Morgan fingerprint density at radius 1 is 0.933 bits per heavy atom. The molecule has 0 saturated carbocycles. The molecule has 0 unspecified atom stereocenters. The van der Waals surface area contributed by atoms with Crippen molar-refractivity contribution in [1.82, 2.24) is 14.4 Å². The van der Waals surface area contributed by atoms with E-state index in [-0.39, 0.29) is 5.91 Å². The van der Waals surface area contributed by atoms with Crippen LogP contribution in [-0.2, 0) is 13.6 Å². The van der Waals surface area contributed by atoms with Crippen LogP contribution in [0.4, 0.5) is 0 Å². The van der Waals surface area contributed by atoms with Crippen molar-refractivity contribution in [3.8, 4) is 0 Å². The maximum absolute atomic E-state index is 13.3. The highest BCUT2D eigenvalue weighted by atomic mass is 16.4. The zero-order valence-electron chi connectivity index (χ0n) is 16.9. The lowest BCUT2D eigenvalue weighted by Gasteiger charge is -2.34. The van der Waals surface area contributed by atoms with Crippen molar-refractivity contribution in [2.24, 2.45) is 7.05 Å². The van der Waals surface area contributed by atoms with Crippen molar-refractivity contribution in [3.63, 3.8) is 0 Å². The maximum Gasteiger partial charge on any atom is 0.345 e. The predicted octanol–water partition coefficient (Wildman–Crippen LogP) is 3.24. The van der Waals surface area contributed by atoms with Crippen molar-refractivity contribution in [2.75, 3.05) is 26.2 Å². The molecule has 0 radical (unpaired) electrons. The highest BCUT2D eigenvalue weighted by molar-refractivity contribution is 6.07. The van der Waals surface area contributed by atoms with Gasteiger partial charge in [-0.3, -0.25) is 9.69 Å². The Hall–Kier alpha value is -3.38. The number of hydrogen-bond donors (Lipinski definition) is 0. The molecule has 1 fully saturated rings. The van der Waals surface area contributed by atoms with Crippen molar-refractivity contribution in [3.05, 3.63) is 82.3 Å². The molecule has 6 nitrogen and oxygen atoms in total. The minimum Gasteiger partial charge on any atom is -0.422 e. The summed E-state index contributed by atoms with van der Waals surface area (Å²) in [6.07, 6.45) is 0. The van der Waals surface area contributed by atoms with Gasteiger partial charge in [0.15, 0.2) is 0 Å². The third-order valence-electron chi connectivity index (χ3n) is 5.93. The van der Waals surface area contributed by atoms with Gasteiger partial charge in [0.1, 0.15) is 11.3 Å². The van der Waals surface area contributed by atoms with E-state index < -0.39 is 5.63 Å². The normalized spacial score (nSPS) is 15.2. The summed E-state index contributed by atoms with van der Waals surface area (Å²) < 4.78 is 7.27. The van der Waals surface area contributed by atoms with Gasteiger partial charge in [-0.1, -0.05) is 42.5 Å². The highest BCUT2D eigenvalue weighted by Gasteiger charge is 2.26. The van der Waals surface area contributed by atoms with Gasteiger partial charge >= 0.3 is 5.63 Å². The van der Waals surface area contributed by atoms with E-state index in [4.69, 9.17) is 4.42 Å². The number of fused-ring (bicyclic) bond motifs is 3. The lowest BCUT2D eigenvalue weighted by molar-refractivity contribution is 0.0619. The van der Waals surface area contributed by atoms with Gasteiger partial charge in [0.05, 0.1) is 10.9 Å². The average Bonchev–Trinajstić information content (AvgIpc) is 3.13. The Bertz CT molecular complexity index is 1280. The van der Waals surface area contributed by atoms with Crippen LogP contribution in [0.1, 0.15) is 16.1 Å². The molecule has 0 atom stereocenters.